The molecule has 1 heterocycles. The van der Waals surface area contributed by atoms with Gasteiger partial charge in [0.05, 0.1) is 10.6 Å². The summed E-state index contributed by atoms with van der Waals surface area (Å²) in [6, 6.07) is 9.59. The number of carbonyl (C=O) groups excluding carboxylic acids is 1. The van der Waals surface area contributed by atoms with Gasteiger partial charge in [-0.1, -0.05) is 12.1 Å². The smallest absolute Gasteiger partial charge is 0.412 e. The van der Waals surface area contributed by atoms with E-state index in [-0.39, 0.29) is 5.69 Å². The lowest BCUT2D eigenvalue weighted by molar-refractivity contribution is -0.384. The summed E-state index contributed by atoms with van der Waals surface area (Å²) < 4.78 is 11.0. The molecule has 7 heteroatoms. The van der Waals surface area contributed by atoms with Crippen LogP contribution in [0.15, 0.2) is 40.8 Å². The fourth-order valence-electron chi connectivity index (χ4n) is 2.41. The summed E-state index contributed by atoms with van der Waals surface area (Å²) in [6.07, 6.45) is -0.596. The van der Waals surface area contributed by atoms with Crippen molar-refractivity contribution in [2.24, 2.45) is 0 Å². The first-order chi connectivity index (χ1) is 11.2. The van der Waals surface area contributed by atoms with E-state index in [0.717, 1.165) is 0 Å². The van der Waals surface area contributed by atoms with Gasteiger partial charge in [0.1, 0.15) is 11.2 Å². The Morgan fingerprint density at radius 2 is 1.96 bits per heavy atom. The molecule has 1 aromatic heterocycles. The molecule has 0 saturated carbocycles. The number of nitrogens with one attached hydrogen (secondary N) is 1. The van der Waals surface area contributed by atoms with Crippen LogP contribution in [0.4, 0.5) is 16.2 Å². The fourth-order valence-corrected chi connectivity index (χ4v) is 2.41. The first-order valence-electron chi connectivity index (χ1n) is 7.34. The van der Waals surface area contributed by atoms with Gasteiger partial charge in [0.25, 0.3) is 5.69 Å². The number of hydrogen-bond donors (Lipinski definition) is 1. The van der Waals surface area contributed by atoms with Gasteiger partial charge >= 0.3 is 6.09 Å². The Bertz CT molecular complexity index is 953. The Morgan fingerprint density at radius 1 is 1.21 bits per heavy atom. The third kappa shape index (κ3) is 3.01. The third-order valence-corrected chi connectivity index (χ3v) is 3.33. The molecule has 1 amide bonds. The van der Waals surface area contributed by atoms with Gasteiger partial charge in [-0.05, 0) is 32.9 Å². The second-order valence-corrected chi connectivity index (χ2v) is 6.35. The van der Waals surface area contributed by atoms with Crippen LogP contribution in [-0.2, 0) is 4.74 Å². The summed E-state index contributed by atoms with van der Waals surface area (Å²) in [5, 5.41) is 14.9. The average Bonchev–Trinajstić information content (AvgIpc) is 2.84. The Labute approximate surface area is 137 Å². The number of anilines is 1. The highest BCUT2D eigenvalue weighted by Crippen LogP contribution is 2.35. The molecule has 0 radical (unpaired) electrons. The number of nitro benzene ring substituents is 1. The van der Waals surface area contributed by atoms with Crippen molar-refractivity contribution < 1.29 is 18.9 Å². The number of rotatable bonds is 2. The van der Waals surface area contributed by atoms with Crippen LogP contribution in [0, 0.1) is 10.1 Å². The van der Waals surface area contributed by atoms with E-state index in [4.69, 9.17) is 9.15 Å². The van der Waals surface area contributed by atoms with E-state index in [0.29, 0.717) is 27.6 Å². The van der Waals surface area contributed by atoms with Crippen LogP contribution in [0.5, 0.6) is 0 Å². The Hall–Kier alpha value is -3.09. The first-order valence-corrected chi connectivity index (χ1v) is 7.34. The van der Waals surface area contributed by atoms with Gasteiger partial charge in [-0.2, -0.15) is 0 Å². The van der Waals surface area contributed by atoms with E-state index in [1.165, 1.54) is 12.1 Å². The number of amides is 1. The van der Waals surface area contributed by atoms with Crippen molar-refractivity contribution in [3.63, 3.8) is 0 Å². The van der Waals surface area contributed by atoms with Gasteiger partial charge in [-0.25, -0.2) is 4.79 Å². The molecule has 0 unspecified atom stereocenters. The molecule has 3 rings (SSSR count). The molecule has 3 aromatic rings. The van der Waals surface area contributed by atoms with E-state index in [1.54, 1.807) is 45.0 Å². The molecule has 0 bridgehead atoms. The molecule has 0 saturated heterocycles. The highest BCUT2D eigenvalue weighted by molar-refractivity contribution is 6.11. The second-order valence-electron chi connectivity index (χ2n) is 6.35. The van der Waals surface area contributed by atoms with Crippen LogP contribution >= 0.6 is 0 Å². The SMILES string of the molecule is CC(C)(C)OC(=O)Nc1cccc2c1oc1ccc([N+](=O)[O-])cc12. The van der Waals surface area contributed by atoms with Gasteiger partial charge in [0, 0.05) is 22.9 Å². The maximum atomic E-state index is 12.0. The minimum Gasteiger partial charge on any atom is -0.454 e. The number of fused-ring (bicyclic) bond motifs is 3. The molecule has 0 aliphatic carbocycles. The maximum Gasteiger partial charge on any atom is 0.412 e. The van der Waals surface area contributed by atoms with E-state index < -0.39 is 16.6 Å². The number of furan rings is 1. The lowest BCUT2D eigenvalue weighted by Crippen LogP contribution is -2.27. The summed E-state index contributed by atoms with van der Waals surface area (Å²) in [6.45, 7) is 5.31. The summed E-state index contributed by atoms with van der Waals surface area (Å²) in [5.41, 5.74) is 0.760. The fraction of sp³-hybridized carbons (Fsp3) is 0.235. The van der Waals surface area contributed by atoms with E-state index in [2.05, 4.69) is 5.32 Å². The lowest BCUT2D eigenvalue weighted by atomic mass is 10.1. The Kier molecular flexibility index (Phi) is 3.63. The van der Waals surface area contributed by atoms with Crippen LogP contribution in [0.2, 0.25) is 0 Å². The standard InChI is InChI=1S/C17H16N2O5/c1-17(2,3)24-16(20)18-13-6-4-5-11-12-9-10(19(21)22)7-8-14(12)23-15(11)13/h4-9H,1-3H3,(H,18,20). The highest BCUT2D eigenvalue weighted by atomic mass is 16.6. The first kappa shape index (κ1) is 15.8. The van der Waals surface area contributed by atoms with Crippen LogP contribution < -0.4 is 5.32 Å². The van der Waals surface area contributed by atoms with Gasteiger partial charge in [0.2, 0.25) is 0 Å². The summed E-state index contributed by atoms with van der Waals surface area (Å²) >= 11 is 0. The second kappa shape index (κ2) is 5.52. The van der Waals surface area contributed by atoms with Crippen LogP contribution in [0.3, 0.4) is 0 Å². The van der Waals surface area contributed by atoms with Crippen LogP contribution in [0.1, 0.15) is 20.8 Å². The van der Waals surface area contributed by atoms with E-state index in [1.807, 2.05) is 0 Å². The molecule has 0 spiro atoms. The maximum absolute atomic E-state index is 12.0. The molecule has 1 N–H and O–H groups in total. The molecule has 0 aliphatic heterocycles. The number of carbonyl (C=O) groups is 1. The number of nitro groups is 1. The van der Waals surface area contributed by atoms with E-state index in [9.17, 15) is 14.9 Å². The number of para-hydroxylation sites is 1. The minimum absolute atomic E-state index is 0.0179. The molecule has 0 fully saturated rings. The number of nitrogens with zero attached hydrogens (tertiary/aromatic N) is 1. The number of benzene rings is 2. The molecule has 2 aromatic carbocycles. The summed E-state index contributed by atoms with van der Waals surface area (Å²) in [4.78, 5) is 22.5. The van der Waals surface area contributed by atoms with Gasteiger partial charge in [-0.3, -0.25) is 15.4 Å². The monoisotopic (exact) mass is 328 g/mol. The molecular formula is C17H16N2O5. The largest absolute Gasteiger partial charge is 0.454 e. The Morgan fingerprint density at radius 3 is 2.62 bits per heavy atom. The number of hydrogen-bond acceptors (Lipinski definition) is 5. The quantitative estimate of drug-likeness (QED) is 0.536. The van der Waals surface area contributed by atoms with Gasteiger partial charge < -0.3 is 9.15 Å². The number of non-ortho nitro benzene ring substituents is 1. The predicted molar refractivity (Wildman–Crippen MR) is 90.2 cm³/mol. The molecule has 0 aliphatic rings. The zero-order valence-corrected chi connectivity index (χ0v) is 13.5. The van der Waals surface area contributed by atoms with Crippen molar-refractivity contribution in [3.05, 3.63) is 46.5 Å². The minimum atomic E-state index is -0.619. The highest BCUT2D eigenvalue weighted by Gasteiger charge is 2.19. The predicted octanol–water partition coefficient (Wildman–Crippen LogP) is 4.84. The lowest BCUT2D eigenvalue weighted by Gasteiger charge is -2.19. The van der Waals surface area contributed by atoms with Crippen LogP contribution in [0.25, 0.3) is 21.9 Å². The van der Waals surface area contributed by atoms with Crippen molar-refractivity contribution in [1.29, 1.82) is 0 Å². The van der Waals surface area contributed by atoms with Crippen molar-refractivity contribution in [2.75, 3.05) is 5.32 Å². The van der Waals surface area contributed by atoms with Gasteiger partial charge in [0.15, 0.2) is 5.58 Å². The normalized spacial score (nSPS) is 11.6. The van der Waals surface area contributed by atoms with Crippen molar-refractivity contribution in [2.45, 2.75) is 26.4 Å². The van der Waals surface area contributed by atoms with Crippen LogP contribution in [-0.4, -0.2) is 16.6 Å². The number of ether oxygens (including phenoxy) is 1. The van der Waals surface area contributed by atoms with Gasteiger partial charge in [-0.15, -0.1) is 0 Å². The average molecular weight is 328 g/mol. The molecule has 124 valence electrons. The summed E-state index contributed by atoms with van der Waals surface area (Å²) in [7, 11) is 0. The van der Waals surface area contributed by atoms with E-state index >= 15 is 0 Å². The summed E-state index contributed by atoms with van der Waals surface area (Å²) in [5.74, 6) is 0. The Balaban J connectivity index is 2.06. The zero-order valence-electron chi connectivity index (χ0n) is 13.5. The molecule has 0 atom stereocenters. The van der Waals surface area contributed by atoms with Crippen molar-refractivity contribution >= 4 is 39.4 Å². The van der Waals surface area contributed by atoms with Crippen molar-refractivity contribution in [3.8, 4) is 0 Å². The molecular weight excluding hydrogens is 312 g/mol. The molecule has 7 nitrogen and oxygen atoms in total. The van der Waals surface area contributed by atoms with Crippen molar-refractivity contribution in [1.82, 2.24) is 0 Å². The molecule has 24 heavy (non-hydrogen) atoms. The third-order valence-electron chi connectivity index (χ3n) is 3.33. The topological polar surface area (TPSA) is 94.6 Å². The zero-order chi connectivity index (χ0) is 17.5.